The highest BCUT2D eigenvalue weighted by Gasteiger charge is 2.69. The molecule has 5 aliphatic carbocycles. The Morgan fingerprint density at radius 1 is 0.750 bits per heavy atom. The Hall–Kier alpha value is -0.340. The van der Waals surface area contributed by atoms with Crippen LogP contribution in [0.2, 0.25) is 0 Å². The Balaban J connectivity index is 1.61. The third-order valence-electron chi connectivity index (χ3n) is 13.1. The average molecular weight is 443 g/mol. The van der Waals surface area contributed by atoms with E-state index in [0.29, 0.717) is 23.2 Å². The van der Waals surface area contributed by atoms with Crippen LogP contribution in [0.25, 0.3) is 0 Å². The SMILES string of the molecule is CC1(C)CC[C@]2(C)C[C@H](O)[C@]3(C)C(=CC[C@@H]4[C@@]5(C)CC[C@H](O)C(C)(C)C5CC[C@]43C)[C@H]2C1. The quantitative estimate of drug-likeness (QED) is 0.391. The van der Waals surface area contributed by atoms with Gasteiger partial charge in [-0.3, -0.25) is 0 Å². The Morgan fingerprint density at radius 3 is 2.12 bits per heavy atom. The van der Waals surface area contributed by atoms with E-state index in [0.717, 1.165) is 19.3 Å². The van der Waals surface area contributed by atoms with E-state index in [4.69, 9.17) is 0 Å². The lowest BCUT2D eigenvalue weighted by molar-refractivity contribution is -0.223. The van der Waals surface area contributed by atoms with Gasteiger partial charge in [0.25, 0.3) is 0 Å². The van der Waals surface area contributed by atoms with Gasteiger partial charge in [-0.2, -0.15) is 0 Å². The van der Waals surface area contributed by atoms with Crippen molar-refractivity contribution in [1.82, 2.24) is 0 Å². The molecular formula is C30H50O2. The minimum Gasteiger partial charge on any atom is -0.393 e. The van der Waals surface area contributed by atoms with Gasteiger partial charge in [-0.15, -0.1) is 0 Å². The zero-order valence-electron chi connectivity index (χ0n) is 22.2. The molecule has 2 N–H and O–H groups in total. The summed E-state index contributed by atoms with van der Waals surface area (Å²) in [6.45, 7) is 19.6. The lowest BCUT2D eigenvalue weighted by Crippen LogP contribution is -2.67. The smallest absolute Gasteiger partial charge is 0.0641 e. The summed E-state index contributed by atoms with van der Waals surface area (Å²) in [5.41, 5.74) is 2.51. The average Bonchev–Trinajstić information content (AvgIpc) is 2.68. The van der Waals surface area contributed by atoms with E-state index in [2.05, 4.69) is 61.5 Å². The highest BCUT2D eigenvalue weighted by Crippen LogP contribution is 2.75. The summed E-state index contributed by atoms with van der Waals surface area (Å²) >= 11 is 0. The van der Waals surface area contributed by atoms with E-state index in [-0.39, 0.29) is 39.3 Å². The lowest BCUT2D eigenvalue weighted by atomic mass is 9.33. The molecule has 0 radical (unpaired) electrons. The summed E-state index contributed by atoms with van der Waals surface area (Å²) in [5.74, 6) is 1.77. The Kier molecular flexibility index (Phi) is 4.87. The first kappa shape index (κ1) is 23.4. The molecule has 4 fully saturated rings. The second-order valence-electron chi connectivity index (χ2n) is 15.3. The van der Waals surface area contributed by atoms with Gasteiger partial charge in [0.2, 0.25) is 0 Å². The fraction of sp³-hybridized carbons (Fsp3) is 0.933. The zero-order chi connectivity index (χ0) is 23.5. The molecule has 1 unspecified atom stereocenters. The van der Waals surface area contributed by atoms with Crippen molar-refractivity contribution in [3.63, 3.8) is 0 Å². The van der Waals surface area contributed by atoms with Crippen molar-refractivity contribution in [3.05, 3.63) is 11.6 Å². The van der Waals surface area contributed by atoms with Crippen molar-refractivity contribution >= 4 is 0 Å². The number of hydrogen-bond acceptors (Lipinski definition) is 2. The summed E-state index contributed by atoms with van der Waals surface area (Å²) in [7, 11) is 0. The molecule has 0 aliphatic heterocycles. The van der Waals surface area contributed by atoms with Gasteiger partial charge in [-0.25, -0.2) is 0 Å². The third kappa shape index (κ3) is 2.72. The molecular weight excluding hydrogens is 392 g/mol. The number of fused-ring (bicyclic) bond motifs is 7. The minimum absolute atomic E-state index is 0.0175. The van der Waals surface area contributed by atoms with Crippen molar-refractivity contribution < 1.29 is 10.2 Å². The van der Waals surface area contributed by atoms with Gasteiger partial charge in [-0.1, -0.05) is 67.0 Å². The fourth-order valence-corrected chi connectivity index (χ4v) is 10.6. The fourth-order valence-electron chi connectivity index (χ4n) is 10.6. The molecule has 0 aromatic rings. The highest BCUT2D eigenvalue weighted by atomic mass is 16.3. The number of aliphatic hydroxyl groups is 2. The van der Waals surface area contributed by atoms with Gasteiger partial charge in [0.15, 0.2) is 0 Å². The van der Waals surface area contributed by atoms with E-state index in [1.807, 2.05) is 0 Å². The Morgan fingerprint density at radius 2 is 1.44 bits per heavy atom. The summed E-state index contributed by atoms with van der Waals surface area (Å²) in [6, 6.07) is 0. The normalized spacial score (nSPS) is 56.2. The number of hydrogen-bond donors (Lipinski definition) is 2. The molecule has 0 aromatic heterocycles. The molecule has 4 saturated carbocycles. The summed E-state index contributed by atoms with van der Waals surface area (Å²) in [6.07, 6.45) is 12.6. The van der Waals surface area contributed by atoms with Gasteiger partial charge in [0, 0.05) is 5.41 Å². The van der Waals surface area contributed by atoms with Crippen LogP contribution in [0.15, 0.2) is 11.6 Å². The largest absolute Gasteiger partial charge is 0.393 e. The van der Waals surface area contributed by atoms with Crippen molar-refractivity contribution in [2.24, 2.45) is 50.2 Å². The second kappa shape index (κ2) is 6.66. The predicted molar refractivity (Wildman–Crippen MR) is 132 cm³/mol. The second-order valence-corrected chi connectivity index (χ2v) is 15.3. The maximum Gasteiger partial charge on any atom is 0.0641 e. The van der Waals surface area contributed by atoms with Crippen LogP contribution in [-0.4, -0.2) is 22.4 Å². The molecule has 0 heterocycles. The number of allylic oxidation sites excluding steroid dienone is 1. The topological polar surface area (TPSA) is 40.5 Å². The molecule has 182 valence electrons. The Labute approximate surface area is 197 Å². The van der Waals surface area contributed by atoms with Crippen molar-refractivity contribution in [2.45, 2.75) is 125 Å². The van der Waals surface area contributed by atoms with Crippen LogP contribution >= 0.6 is 0 Å². The van der Waals surface area contributed by atoms with Gasteiger partial charge >= 0.3 is 0 Å². The molecule has 0 amide bonds. The molecule has 0 spiro atoms. The molecule has 0 aromatic carbocycles. The summed E-state index contributed by atoms with van der Waals surface area (Å²) < 4.78 is 0. The molecule has 5 rings (SSSR count). The molecule has 0 saturated heterocycles. The monoisotopic (exact) mass is 442 g/mol. The van der Waals surface area contributed by atoms with E-state index in [9.17, 15) is 10.2 Å². The zero-order valence-corrected chi connectivity index (χ0v) is 22.2. The third-order valence-corrected chi connectivity index (χ3v) is 13.1. The van der Waals surface area contributed by atoms with Crippen molar-refractivity contribution in [2.75, 3.05) is 0 Å². The van der Waals surface area contributed by atoms with Crippen LogP contribution in [0.4, 0.5) is 0 Å². The molecule has 32 heavy (non-hydrogen) atoms. The van der Waals surface area contributed by atoms with E-state index < -0.39 is 0 Å². The predicted octanol–water partition coefficient (Wildman–Crippen LogP) is 7.14. The lowest BCUT2D eigenvalue weighted by Gasteiger charge is -2.72. The first-order chi connectivity index (χ1) is 14.6. The van der Waals surface area contributed by atoms with E-state index in [1.165, 1.54) is 38.5 Å². The van der Waals surface area contributed by atoms with Crippen molar-refractivity contribution in [1.29, 1.82) is 0 Å². The van der Waals surface area contributed by atoms with Gasteiger partial charge in [0.05, 0.1) is 12.2 Å². The minimum atomic E-state index is -0.244. The number of rotatable bonds is 0. The maximum absolute atomic E-state index is 11.9. The standard InChI is InChI=1S/C30H50O2/c1-25(2)15-16-27(5)18-24(32)30(8)19(20(27)17-25)9-10-22-28(6)13-12-23(31)26(3,4)21(28)11-14-29(22,30)7/h9,20-24,31-32H,10-18H2,1-8H3/t20-,21?,22-,23+,24+,27-,28+,29-,30+/m1/s1. The molecule has 2 heteroatoms. The van der Waals surface area contributed by atoms with Crippen LogP contribution < -0.4 is 0 Å². The van der Waals surface area contributed by atoms with Gasteiger partial charge in [-0.05, 0) is 103 Å². The van der Waals surface area contributed by atoms with Crippen LogP contribution in [-0.2, 0) is 0 Å². The van der Waals surface area contributed by atoms with Crippen molar-refractivity contribution in [3.8, 4) is 0 Å². The Bertz CT molecular complexity index is 825. The van der Waals surface area contributed by atoms with Crippen LogP contribution in [0.1, 0.15) is 113 Å². The van der Waals surface area contributed by atoms with Crippen LogP contribution in [0, 0.1) is 50.2 Å². The maximum atomic E-state index is 11.9. The molecule has 9 atom stereocenters. The summed E-state index contributed by atoms with van der Waals surface area (Å²) in [5, 5.41) is 22.8. The molecule has 0 bridgehead atoms. The van der Waals surface area contributed by atoms with Gasteiger partial charge < -0.3 is 10.2 Å². The van der Waals surface area contributed by atoms with Crippen LogP contribution in [0.5, 0.6) is 0 Å². The van der Waals surface area contributed by atoms with E-state index in [1.54, 1.807) is 5.57 Å². The van der Waals surface area contributed by atoms with E-state index >= 15 is 0 Å². The first-order valence-corrected chi connectivity index (χ1v) is 13.7. The van der Waals surface area contributed by atoms with Crippen LogP contribution in [0.3, 0.4) is 0 Å². The first-order valence-electron chi connectivity index (χ1n) is 13.7. The number of aliphatic hydroxyl groups excluding tert-OH is 2. The summed E-state index contributed by atoms with van der Waals surface area (Å²) in [4.78, 5) is 0. The molecule has 5 aliphatic rings. The molecule has 2 nitrogen and oxygen atoms in total. The highest BCUT2D eigenvalue weighted by molar-refractivity contribution is 5.35. The van der Waals surface area contributed by atoms with Gasteiger partial charge in [0.1, 0.15) is 0 Å².